The van der Waals surface area contributed by atoms with Gasteiger partial charge in [0, 0.05) is 20.3 Å². The van der Waals surface area contributed by atoms with Gasteiger partial charge in [-0.15, -0.1) is 0 Å². The SMILES string of the molecule is COc1ccc(N=C(/C=C/N(C)C)c2c(O)c3ccccc3oc2=O)cc1. The summed E-state index contributed by atoms with van der Waals surface area (Å²) in [5.74, 6) is 0.546. The highest BCUT2D eigenvalue weighted by atomic mass is 16.5. The molecular weight excluding hydrogens is 344 g/mol. The molecule has 0 radical (unpaired) electrons. The number of fused-ring (bicyclic) bond motifs is 1. The molecule has 6 nitrogen and oxygen atoms in total. The third-order valence-corrected chi connectivity index (χ3v) is 3.89. The number of methoxy groups -OCH3 is 1. The molecule has 0 saturated carbocycles. The Labute approximate surface area is 156 Å². The van der Waals surface area contributed by atoms with Crippen LogP contribution in [-0.4, -0.2) is 36.9 Å². The van der Waals surface area contributed by atoms with E-state index >= 15 is 0 Å². The Morgan fingerprint density at radius 3 is 2.52 bits per heavy atom. The van der Waals surface area contributed by atoms with Crippen molar-refractivity contribution >= 4 is 22.4 Å². The fraction of sp³-hybridized carbons (Fsp3) is 0.143. The van der Waals surface area contributed by atoms with E-state index in [9.17, 15) is 9.90 Å². The van der Waals surface area contributed by atoms with E-state index in [1.54, 1.807) is 67.9 Å². The maximum absolute atomic E-state index is 12.6. The van der Waals surface area contributed by atoms with E-state index in [0.29, 0.717) is 28.1 Å². The highest BCUT2D eigenvalue weighted by Crippen LogP contribution is 2.28. The number of hydrogen-bond acceptors (Lipinski definition) is 6. The van der Waals surface area contributed by atoms with Gasteiger partial charge in [-0.3, -0.25) is 0 Å². The maximum Gasteiger partial charge on any atom is 0.349 e. The van der Waals surface area contributed by atoms with Crippen LogP contribution in [0.15, 0.2) is 75.0 Å². The van der Waals surface area contributed by atoms with Crippen molar-refractivity contribution in [3.05, 3.63) is 76.8 Å². The number of para-hydroxylation sites is 1. The second-order valence-electron chi connectivity index (χ2n) is 6.08. The Morgan fingerprint density at radius 2 is 1.85 bits per heavy atom. The van der Waals surface area contributed by atoms with Crippen molar-refractivity contribution in [2.24, 2.45) is 4.99 Å². The molecule has 0 spiro atoms. The number of rotatable bonds is 5. The third kappa shape index (κ3) is 4.00. The van der Waals surface area contributed by atoms with Crippen molar-refractivity contribution in [1.82, 2.24) is 4.90 Å². The van der Waals surface area contributed by atoms with Gasteiger partial charge in [-0.05, 0) is 42.5 Å². The molecule has 0 fully saturated rings. The first kappa shape index (κ1) is 18.3. The fourth-order valence-corrected chi connectivity index (χ4v) is 2.55. The molecular formula is C21H20N2O4. The monoisotopic (exact) mass is 364 g/mol. The lowest BCUT2D eigenvalue weighted by atomic mass is 10.1. The number of hydrogen-bond donors (Lipinski definition) is 1. The zero-order valence-corrected chi connectivity index (χ0v) is 15.3. The molecule has 0 aliphatic rings. The van der Waals surface area contributed by atoms with Gasteiger partial charge in [-0.1, -0.05) is 12.1 Å². The summed E-state index contributed by atoms with van der Waals surface area (Å²) in [7, 11) is 5.29. The summed E-state index contributed by atoms with van der Waals surface area (Å²) >= 11 is 0. The van der Waals surface area contributed by atoms with Crippen LogP contribution in [0.25, 0.3) is 11.0 Å². The van der Waals surface area contributed by atoms with Gasteiger partial charge < -0.3 is 19.2 Å². The van der Waals surface area contributed by atoms with Gasteiger partial charge >= 0.3 is 5.63 Å². The minimum atomic E-state index is -0.651. The Morgan fingerprint density at radius 1 is 1.15 bits per heavy atom. The van der Waals surface area contributed by atoms with E-state index in [2.05, 4.69) is 4.99 Å². The van der Waals surface area contributed by atoms with Gasteiger partial charge in [0.2, 0.25) is 0 Å². The molecule has 1 aromatic heterocycles. The number of aromatic hydroxyl groups is 1. The van der Waals surface area contributed by atoms with Gasteiger partial charge in [0.15, 0.2) is 0 Å². The molecule has 0 aliphatic carbocycles. The van der Waals surface area contributed by atoms with Gasteiger partial charge in [0.05, 0.1) is 23.9 Å². The van der Waals surface area contributed by atoms with Crippen LogP contribution >= 0.6 is 0 Å². The lowest BCUT2D eigenvalue weighted by molar-refractivity contribution is 0.415. The van der Waals surface area contributed by atoms with E-state index in [0.717, 1.165) is 0 Å². The first-order valence-electron chi connectivity index (χ1n) is 8.32. The maximum atomic E-state index is 12.6. The standard InChI is InChI=1S/C21H20N2O4/c1-23(2)13-12-17(22-14-8-10-15(26-3)11-9-14)19-20(24)16-6-4-5-7-18(16)27-21(19)25/h4-13,24H,1-3H3/b13-12+,22-17?. The molecule has 3 rings (SSSR count). The minimum Gasteiger partial charge on any atom is -0.506 e. The summed E-state index contributed by atoms with van der Waals surface area (Å²) in [5.41, 5.74) is 0.598. The third-order valence-electron chi connectivity index (χ3n) is 3.89. The number of aliphatic imine (C=N–C) groups is 1. The fourth-order valence-electron chi connectivity index (χ4n) is 2.55. The largest absolute Gasteiger partial charge is 0.506 e. The Balaban J connectivity index is 2.20. The number of allylic oxidation sites excluding steroid dienone is 1. The molecule has 3 aromatic rings. The number of ether oxygens (including phenoxy) is 1. The molecule has 2 aromatic carbocycles. The summed E-state index contributed by atoms with van der Waals surface area (Å²) in [5, 5.41) is 11.2. The van der Waals surface area contributed by atoms with Crippen LogP contribution in [0.4, 0.5) is 5.69 Å². The van der Waals surface area contributed by atoms with Crippen LogP contribution < -0.4 is 10.4 Å². The molecule has 27 heavy (non-hydrogen) atoms. The first-order valence-corrected chi connectivity index (χ1v) is 8.32. The molecule has 0 bridgehead atoms. The Bertz CT molecular complexity index is 1060. The van der Waals surface area contributed by atoms with Gasteiger partial charge in [-0.25, -0.2) is 9.79 Å². The van der Waals surface area contributed by atoms with Crippen molar-refractivity contribution in [2.45, 2.75) is 0 Å². The minimum absolute atomic E-state index is 0.0163. The lowest BCUT2D eigenvalue weighted by Crippen LogP contribution is -2.14. The summed E-state index contributed by atoms with van der Waals surface area (Å²) in [6.07, 6.45) is 3.40. The van der Waals surface area contributed by atoms with Crippen molar-refractivity contribution in [1.29, 1.82) is 0 Å². The van der Waals surface area contributed by atoms with E-state index < -0.39 is 5.63 Å². The molecule has 1 N–H and O–H groups in total. The Kier molecular flexibility index (Phi) is 5.26. The normalized spacial score (nSPS) is 11.9. The predicted octanol–water partition coefficient (Wildman–Crippen LogP) is 3.70. The van der Waals surface area contributed by atoms with Crippen LogP contribution in [0.3, 0.4) is 0 Å². The zero-order chi connectivity index (χ0) is 19.4. The van der Waals surface area contributed by atoms with Crippen molar-refractivity contribution in [3.8, 4) is 11.5 Å². The summed E-state index contributed by atoms with van der Waals surface area (Å²) in [4.78, 5) is 18.9. The first-order chi connectivity index (χ1) is 13.0. The molecule has 0 saturated heterocycles. The average Bonchev–Trinajstić information content (AvgIpc) is 2.66. The van der Waals surface area contributed by atoms with E-state index in [1.807, 2.05) is 19.0 Å². The van der Waals surface area contributed by atoms with E-state index in [4.69, 9.17) is 9.15 Å². The quantitative estimate of drug-likeness (QED) is 0.552. The average molecular weight is 364 g/mol. The number of nitrogens with zero attached hydrogens (tertiary/aromatic N) is 2. The lowest BCUT2D eigenvalue weighted by Gasteiger charge is -2.09. The number of benzene rings is 2. The van der Waals surface area contributed by atoms with Crippen molar-refractivity contribution < 1.29 is 14.3 Å². The Hall–Kier alpha value is -3.54. The van der Waals surface area contributed by atoms with Crippen molar-refractivity contribution in [3.63, 3.8) is 0 Å². The van der Waals surface area contributed by atoms with Crippen LogP contribution in [0.2, 0.25) is 0 Å². The van der Waals surface area contributed by atoms with Crippen molar-refractivity contribution in [2.75, 3.05) is 21.2 Å². The molecule has 1 heterocycles. The molecule has 0 aliphatic heterocycles. The zero-order valence-electron chi connectivity index (χ0n) is 15.3. The second-order valence-corrected chi connectivity index (χ2v) is 6.08. The van der Waals surface area contributed by atoms with Crippen LogP contribution in [0.1, 0.15) is 5.56 Å². The van der Waals surface area contributed by atoms with Crippen LogP contribution in [0.5, 0.6) is 11.5 Å². The summed E-state index contributed by atoms with van der Waals surface area (Å²) in [6.45, 7) is 0. The predicted molar refractivity (Wildman–Crippen MR) is 106 cm³/mol. The van der Waals surface area contributed by atoms with E-state index in [-0.39, 0.29) is 11.3 Å². The van der Waals surface area contributed by atoms with Crippen LogP contribution in [-0.2, 0) is 0 Å². The molecule has 138 valence electrons. The molecule has 0 amide bonds. The summed E-state index contributed by atoms with van der Waals surface area (Å²) < 4.78 is 10.5. The van der Waals surface area contributed by atoms with Gasteiger partial charge in [0.25, 0.3) is 0 Å². The highest BCUT2D eigenvalue weighted by Gasteiger charge is 2.18. The smallest absolute Gasteiger partial charge is 0.349 e. The van der Waals surface area contributed by atoms with Gasteiger partial charge in [0.1, 0.15) is 22.6 Å². The molecule has 6 heteroatoms. The second kappa shape index (κ2) is 7.78. The van der Waals surface area contributed by atoms with Gasteiger partial charge in [-0.2, -0.15) is 0 Å². The molecule has 0 atom stereocenters. The topological polar surface area (TPSA) is 75.3 Å². The van der Waals surface area contributed by atoms with E-state index in [1.165, 1.54) is 0 Å². The summed E-state index contributed by atoms with van der Waals surface area (Å²) in [6, 6.07) is 13.9. The highest BCUT2D eigenvalue weighted by molar-refractivity contribution is 6.13. The van der Waals surface area contributed by atoms with Crippen LogP contribution in [0, 0.1) is 0 Å². The molecule has 0 unspecified atom stereocenters.